The zero-order valence-electron chi connectivity index (χ0n) is 14.3. The van der Waals surface area contributed by atoms with Crippen molar-refractivity contribution in [1.29, 1.82) is 0 Å². The third kappa shape index (κ3) is 3.69. The Labute approximate surface area is 146 Å². The fourth-order valence-electron chi connectivity index (χ4n) is 3.07. The number of carbonyl (C=O) groups is 1. The van der Waals surface area contributed by atoms with Gasteiger partial charge in [-0.05, 0) is 18.6 Å². The Morgan fingerprint density at radius 2 is 2.24 bits per heavy atom. The third-order valence-electron chi connectivity index (χ3n) is 4.28. The molecule has 132 valence electrons. The summed E-state index contributed by atoms with van der Waals surface area (Å²) in [5.74, 6) is 0.761. The van der Waals surface area contributed by atoms with Crippen LogP contribution in [0.25, 0.3) is 0 Å². The van der Waals surface area contributed by atoms with E-state index in [1.54, 1.807) is 44.0 Å². The van der Waals surface area contributed by atoms with E-state index in [1.807, 2.05) is 4.90 Å². The highest BCUT2D eigenvalue weighted by Gasteiger charge is 2.38. The topological polar surface area (TPSA) is 91.7 Å². The molecule has 0 aliphatic carbocycles. The molecule has 8 heteroatoms. The van der Waals surface area contributed by atoms with Gasteiger partial charge in [0.25, 0.3) is 5.91 Å². The fraction of sp³-hybridized carbons (Fsp3) is 0.412. The number of rotatable bonds is 5. The number of methoxy groups -OCH3 is 1. The van der Waals surface area contributed by atoms with Crippen molar-refractivity contribution in [2.75, 3.05) is 38.7 Å². The molecule has 0 saturated carbocycles. The first kappa shape index (κ1) is 17.1. The molecule has 0 spiro atoms. The number of β-amino-alcohol motifs (C(OH)–C–C–N with tert-alkyl or cyclic N) is 1. The molecule has 2 aromatic heterocycles. The molecule has 25 heavy (non-hydrogen) atoms. The van der Waals surface area contributed by atoms with Gasteiger partial charge in [0.15, 0.2) is 0 Å². The minimum atomic E-state index is -1.00. The van der Waals surface area contributed by atoms with E-state index in [-0.39, 0.29) is 18.3 Å². The van der Waals surface area contributed by atoms with Gasteiger partial charge in [0.05, 0.1) is 19.9 Å². The van der Waals surface area contributed by atoms with E-state index in [0.29, 0.717) is 25.1 Å². The van der Waals surface area contributed by atoms with Crippen LogP contribution in [0.1, 0.15) is 16.8 Å². The Kier molecular flexibility index (Phi) is 4.80. The van der Waals surface area contributed by atoms with Gasteiger partial charge in [-0.2, -0.15) is 0 Å². The molecule has 1 amide bonds. The van der Waals surface area contributed by atoms with Crippen LogP contribution in [-0.4, -0.2) is 70.3 Å². The summed E-state index contributed by atoms with van der Waals surface area (Å²) in [5.41, 5.74) is -0.628. The summed E-state index contributed by atoms with van der Waals surface area (Å²) in [5, 5.41) is 10.9. The molecule has 1 atom stereocenters. The number of carbonyl (C=O) groups excluding carboxylic acids is 1. The molecule has 1 aliphatic rings. The monoisotopic (exact) mass is 343 g/mol. The summed E-state index contributed by atoms with van der Waals surface area (Å²) in [6.45, 7) is 1.27. The summed E-state index contributed by atoms with van der Waals surface area (Å²) in [6.07, 6.45) is 7.02. The maximum absolute atomic E-state index is 12.7. The number of hydrogen-bond acceptors (Lipinski definition) is 7. The molecule has 8 nitrogen and oxygen atoms in total. The summed E-state index contributed by atoms with van der Waals surface area (Å²) < 4.78 is 5.14. The summed E-state index contributed by atoms with van der Waals surface area (Å²) in [6, 6.07) is 3.35. The number of ether oxygens (including phenoxy) is 1. The molecule has 0 aromatic carbocycles. The van der Waals surface area contributed by atoms with Crippen LogP contribution in [0.4, 0.5) is 5.82 Å². The van der Waals surface area contributed by atoms with Crippen LogP contribution in [0.2, 0.25) is 0 Å². The van der Waals surface area contributed by atoms with Gasteiger partial charge in [0, 0.05) is 38.7 Å². The van der Waals surface area contributed by atoms with Gasteiger partial charge in [-0.25, -0.2) is 9.97 Å². The van der Waals surface area contributed by atoms with Crippen LogP contribution in [0.5, 0.6) is 5.88 Å². The molecule has 0 unspecified atom stereocenters. The normalized spacial score (nSPS) is 19.7. The van der Waals surface area contributed by atoms with Gasteiger partial charge < -0.3 is 19.6 Å². The summed E-state index contributed by atoms with van der Waals surface area (Å²) in [4.78, 5) is 28.5. The number of hydrogen-bond donors (Lipinski definition) is 1. The zero-order valence-corrected chi connectivity index (χ0v) is 14.3. The standard InChI is InChI=1S/C17H21N5O3/c1-21(16(23)13-4-3-6-20-15(13)25-2)11-17(24)5-9-22(12-17)14-10-18-7-8-19-14/h3-4,6-8,10,24H,5,9,11-12H2,1-2H3/t17-/m0/s1. The average Bonchev–Trinajstić information content (AvgIpc) is 3.03. The van der Waals surface area contributed by atoms with Crippen molar-refractivity contribution in [2.45, 2.75) is 12.0 Å². The molecule has 3 heterocycles. The number of aromatic nitrogens is 3. The molecular weight excluding hydrogens is 322 g/mol. The van der Waals surface area contributed by atoms with Crippen molar-refractivity contribution >= 4 is 11.7 Å². The zero-order chi connectivity index (χ0) is 17.9. The quantitative estimate of drug-likeness (QED) is 0.849. The third-order valence-corrected chi connectivity index (χ3v) is 4.28. The smallest absolute Gasteiger partial charge is 0.259 e. The minimum Gasteiger partial charge on any atom is -0.480 e. The Balaban J connectivity index is 1.68. The van der Waals surface area contributed by atoms with Gasteiger partial charge in [-0.3, -0.25) is 9.78 Å². The molecule has 0 radical (unpaired) electrons. The number of pyridine rings is 1. The predicted octanol–water partition coefficient (Wildman–Crippen LogP) is 0.594. The van der Waals surface area contributed by atoms with Gasteiger partial charge in [-0.1, -0.05) is 0 Å². The highest BCUT2D eigenvalue weighted by molar-refractivity contribution is 5.96. The summed E-state index contributed by atoms with van der Waals surface area (Å²) in [7, 11) is 3.14. The number of aliphatic hydroxyl groups is 1. The van der Waals surface area contributed by atoms with Crippen molar-refractivity contribution in [3.8, 4) is 5.88 Å². The Morgan fingerprint density at radius 3 is 2.96 bits per heavy atom. The van der Waals surface area contributed by atoms with E-state index < -0.39 is 5.60 Å². The van der Waals surface area contributed by atoms with E-state index in [2.05, 4.69) is 15.0 Å². The Bertz CT molecular complexity index is 742. The lowest BCUT2D eigenvalue weighted by Gasteiger charge is -2.29. The van der Waals surface area contributed by atoms with Gasteiger partial charge >= 0.3 is 0 Å². The second-order valence-electron chi connectivity index (χ2n) is 6.18. The number of amides is 1. The van der Waals surface area contributed by atoms with Crippen LogP contribution < -0.4 is 9.64 Å². The molecule has 1 fully saturated rings. The van der Waals surface area contributed by atoms with E-state index in [4.69, 9.17) is 4.74 Å². The van der Waals surface area contributed by atoms with Gasteiger partial charge in [0.2, 0.25) is 5.88 Å². The number of likely N-dealkylation sites (N-methyl/N-ethyl adjacent to an activating group) is 1. The van der Waals surface area contributed by atoms with Crippen LogP contribution in [-0.2, 0) is 0 Å². The van der Waals surface area contributed by atoms with Crippen LogP contribution >= 0.6 is 0 Å². The second kappa shape index (κ2) is 7.02. The SMILES string of the molecule is COc1ncccc1C(=O)N(C)C[C@@]1(O)CCN(c2cnccn2)C1. The maximum Gasteiger partial charge on any atom is 0.259 e. The lowest BCUT2D eigenvalue weighted by atomic mass is 10.0. The fourth-order valence-corrected chi connectivity index (χ4v) is 3.07. The first-order chi connectivity index (χ1) is 12.0. The van der Waals surface area contributed by atoms with Crippen molar-refractivity contribution in [3.63, 3.8) is 0 Å². The molecule has 3 rings (SSSR count). The van der Waals surface area contributed by atoms with Crippen molar-refractivity contribution in [2.24, 2.45) is 0 Å². The molecule has 1 aliphatic heterocycles. The molecule has 1 saturated heterocycles. The molecule has 0 bridgehead atoms. The van der Waals surface area contributed by atoms with Crippen molar-refractivity contribution < 1.29 is 14.6 Å². The predicted molar refractivity (Wildman–Crippen MR) is 91.6 cm³/mol. The Hall–Kier alpha value is -2.74. The maximum atomic E-state index is 12.7. The molecule has 2 aromatic rings. The van der Waals surface area contributed by atoms with Gasteiger partial charge in [0.1, 0.15) is 17.0 Å². The van der Waals surface area contributed by atoms with Crippen LogP contribution in [0, 0.1) is 0 Å². The largest absolute Gasteiger partial charge is 0.480 e. The second-order valence-corrected chi connectivity index (χ2v) is 6.18. The lowest BCUT2D eigenvalue weighted by molar-refractivity contribution is 0.0262. The average molecular weight is 343 g/mol. The minimum absolute atomic E-state index is 0.209. The van der Waals surface area contributed by atoms with E-state index in [1.165, 1.54) is 12.0 Å². The highest BCUT2D eigenvalue weighted by atomic mass is 16.5. The molecular formula is C17H21N5O3. The van der Waals surface area contributed by atoms with E-state index in [0.717, 1.165) is 5.82 Å². The Morgan fingerprint density at radius 1 is 1.40 bits per heavy atom. The first-order valence-electron chi connectivity index (χ1n) is 8.00. The molecule has 1 N–H and O–H groups in total. The van der Waals surface area contributed by atoms with Gasteiger partial charge in [-0.15, -0.1) is 0 Å². The number of anilines is 1. The lowest BCUT2D eigenvalue weighted by Crippen LogP contribution is -2.46. The van der Waals surface area contributed by atoms with E-state index in [9.17, 15) is 9.90 Å². The van der Waals surface area contributed by atoms with Crippen molar-refractivity contribution in [3.05, 3.63) is 42.5 Å². The highest BCUT2D eigenvalue weighted by Crippen LogP contribution is 2.26. The van der Waals surface area contributed by atoms with Crippen molar-refractivity contribution in [1.82, 2.24) is 19.9 Å². The summed E-state index contributed by atoms with van der Waals surface area (Å²) >= 11 is 0. The van der Waals surface area contributed by atoms with Crippen LogP contribution in [0.15, 0.2) is 36.9 Å². The van der Waals surface area contributed by atoms with E-state index >= 15 is 0 Å². The number of nitrogens with zero attached hydrogens (tertiary/aromatic N) is 5. The first-order valence-corrected chi connectivity index (χ1v) is 8.00. The van der Waals surface area contributed by atoms with Crippen LogP contribution in [0.3, 0.4) is 0 Å².